The average molecular weight is 344 g/mol. The third-order valence-corrected chi connectivity index (χ3v) is 6.19. The third-order valence-electron chi connectivity index (χ3n) is 5.04. The zero-order chi connectivity index (χ0) is 16.4. The van der Waals surface area contributed by atoms with E-state index in [9.17, 15) is 0 Å². The van der Waals surface area contributed by atoms with Crippen molar-refractivity contribution in [3.05, 3.63) is 22.8 Å². The van der Waals surface area contributed by atoms with Crippen molar-refractivity contribution in [1.82, 2.24) is 20.4 Å². The van der Waals surface area contributed by atoms with E-state index in [1.807, 2.05) is 13.0 Å². The predicted molar refractivity (Wildman–Crippen MR) is 96.9 cm³/mol. The Labute approximate surface area is 146 Å². The molecule has 128 valence electrons. The van der Waals surface area contributed by atoms with Gasteiger partial charge in [0.2, 0.25) is 5.13 Å². The summed E-state index contributed by atoms with van der Waals surface area (Å²) in [5.41, 5.74) is 0.960. The van der Waals surface area contributed by atoms with Crippen LogP contribution in [0, 0.1) is 6.92 Å². The Bertz CT molecular complexity index is 656. The highest BCUT2D eigenvalue weighted by atomic mass is 32.1. The predicted octanol–water partition coefficient (Wildman–Crippen LogP) is 3.01. The first kappa shape index (κ1) is 15.7. The van der Waals surface area contributed by atoms with E-state index in [0.717, 1.165) is 42.8 Å². The van der Waals surface area contributed by atoms with Crippen LogP contribution >= 0.6 is 11.3 Å². The van der Waals surface area contributed by atoms with Crippen LogP contribution < -0.4 is 9.80 Å². The molecule has 0 unspecified atom stereocenters. The van der Waals surface area contributed by atoms with Crippen molar-refractivity contribution in [1.29, 1.82) is 0 Å². The smallest absolute Gasteiger partial charge is 0.208 e. The molecule has 24 heavy (non-hydrogen) atoms. The lowest BCUT2D eigenvalue weighted by Gasteiger charge is -2.34. The van der Waals surface area contributed by atoms with Crippen LogP contribution in [-0.2, 0) is 0 Å². The maximum absolute atomic E-state index is 4.49. The molecule has 0 spiro atoms. The Morgan fingerprint density at radius 1 is 0.875 bits per heavy atom. The highest BCUT2D eigenvalue weighted by Crippen LogP contribution is 2.36. The zero-order valence-electron chi connectivity index (χ0n) is 14.2. The first-order chi connectivity index (χ1) is 11.8. The van der Waals surface area contributed by atoms with E-state index in [4.69, 9.17) is 0 Å². The van der Waals surface area contributed by atoms with Gasteiger partial charge in [0.15, 0.2) is 5.82 Å². The normalized spacial score (nSPS) is 19.7. The van der Waals surface area contributed by atoms with E-state index in [0.29, 0.717) is 5.92 Å². The Morgan fingerprint density at radius 2 is 1.62 bits per heavy atom. The van der Waals surface area contributed by atoms with Crippen molar-refractivity contribution < 1.29 is 0 Å². The minimum atomic E-state index is 0.647. The summed E-state index contributed by atoms with van der Waals surface area (Å²) >= 11 is 1.80. The average Bonchev–Trinajstić information content (AvgIpc) is 3.13. The molecule has 2 aromatic heterocycles. The molecule has 2 fully saturated rings. The molecule has 1 aliphatic heterocycles. The molecule has 3 heterocycles. The van der Waals surface area contributed by atoms with Gasteiger partial charge in [-0.3, -0.25) is 0 Å². The van der Waals surface area contributed by atoms with Crippen LogP contribution in [0.5, 0.6) is 0 Å². The minimum Gasteiger partial charge on any atom is -0.352 e. The number of anilines is 2. The lowest BCUT2D eigenvalue weighted by molar-refractivity contribution is 0.440. The van der Waals surface area contributed by atoms with Crippen molar-refractivity contribution in [2.75, 3.05) is 36.0 Å². The number of aromatic nitrogens is 4. The van der Waals surface area contributed by atoms with Crippen LogP contribution in [0.1, 0.15) is 48.7 Å². The number of hydrogen-bond acceptors (Lipinski definition) is 7. The van der Waals surface area contributed by atoms with Gasteiger partial charge < -0.3 is 9.80 Å². The largest absolute Gasteiger partial charge is 0.352 e. The van der Waals surface area contributed by atoms with Gasteiger partial charge >= 0.3 is 0 Å². The Balaban J connectivity index is 1.37. The van der Waals surface area contributed by atoms with Gasteiger partial charge in [-0.15, -0.1) is 15.3 Å². The second-order valence-corrected chi connectivity index (χ2v) is 7.75. The SMILES string of the molecule is Cc1ccc(N2CCN(c3nnc(C4CCCCC4)s3)CC2)nn1. The van der Waals surface area contributed by atoms with E-state index in [2.05, 4.69) is 36.3 Å². The van der Waals surface area contributed by atoms with E-state index < -0.39 is 0 Å². The topological polar surface area (TPSA) is 58.0 Å². The monoisotopic (exact) mass is 344 g/mol. The van der Waals surface area contributed by atoms with Gasteiger partial charge in [-0.1, -0.05) is 30.6 Å². The van der Waals surface area contributed by atoms with E-state index >= 15 is 0 Å². The van der Waals surface area contributed by atoms with Gasteiger partial charge in [0.05, 0.1) is 5.69 Å². The number of nitrogens with zero attached hydrogens (tertiary/aromatic N) is 6. The molecule has 1 saturated carbocycles. The fourth-order valence-electron chi connectivity index (χ4n) is 3.56. The highest BCUT2D eigenvalue weighted by molar-refractivity contribution is 7.15. The summed E-state index contributed by atoms with van der Waals surface area (Å²) in [7, 11) is 0. The molecule has 1 saturated heterocycles. The summed E-state index contributed by atoms with van der Waals surface area (Å²) in [6.07, 6.45) is 6.64. The van der Waals surface area contributed by atoms with Crippen molar-refractivity contribution >= 4 is 22.3 Å². The summed E-state index contributed by atoms with van der Waals surface area (Å²) in [6.45, 7) is 5.81. The second-order valence-electron chi connectivity index (χ2n) is 6.76. The van der Waals surface area contributed by atoms with E-state index in [1.54, 1.807) is 11.3 Å². The molecule has 7 heteroatoms. The summed E-state index contributed by atoms with van der Waals surface area (Å²) in [6, 6.07) is 4.08. The van der Waals surface area contributed by atoms with Crippen LogP contribution in [0.2, 0.25) is 0 Å². The number of rotatable bonds is 3. The van der Waals surface area contributed by atoms with Gasteiger partial charge in [-0.25, -0.2) is 0 Å². The quantitative estimate of drug-likeness (QED) is 0.853. The van der Waals surface area contributed by atoms with Gasteiger partial charge in [0.1, 0.15) is 5.01 Å². The second kappa shape index (κ2) is 7.01. The minimum absolute atomic E-state index is 0.647. The van der Waals surface area contributed by atoms with Gasteiger partial charge in [0, 0.05) is 32.1 Å². The summed E-state index contributed by atoms with van der Waals surface area (Å²) in [5.74, 6) is 1.62. The summed E-state index contributed by atoms with van der Waals surface area (Å²) < 4.78 is 0. The van der Waals surface area contributed by atoms with Crippen molar-refractivity contribution in [3.63, 3.8) is 0 Å². The standard InChI is InChI=1S/C17H24N6S/c1-13-7-8-15(19-18-13)22-9-11-23(12-10-22)17-21-20-16(24-17)14-5-3-2-4-6-14/h7-8,14H,2-6,9-12H2,1H3. The van der Waals surface area contributed by atoms with Crippen molar-refractivity contribution in [2.24, 2.45) is 0 Å². The van der Waals surface area contributed by atoms with Gasteiger partial charge in [-0.05, 0) is 31.9 Å². The molecular formula is C17H24N6S. The highest BCUT2D eigenvalue weighted by Gasteiger charge is 2.24. The molecule has 0 bridgehead atoms. The molecule has 2 aliphatic rings. The molecule has 4 rings (SSSR count). The van der Waals surface area contributed by atoms with Crippen LogP contribution in [0.3, 0.4) is 0 Å². The number of aryl methyl sites for hydroxylation is 1. The first-order valence-corrected chi connectivity index (χ1v) is 9.75. The molecule has 1 aliphatic carbocycles. The molecule has 0 atom stereocenters. The van der Waals surface area contributed by atoms with E-state index in [1.165, 1.54) is 37.1 Å². The van der Waals surface area contributed by atoms with Gasteiger partial charge in [-0.2, -0.15) is 5.10 Å². The lowest BCUT2D eigenvalue weighted by Crippen LogP contribution is -2.46. The molecule has 0 aromatic carbocycles. The Morgan fingerprint density at radius 3 is 2.33 bits per heavy atom. The number of hydrogen-bond donors (Lipinski definition) is 0. The zero-order valence-corrected chi connectivity index (χ0v) is 15.0. The van der Waals surface area contributed by atoms with Crippen LogP contribution in [-0.4, -0.2) is 46.6 Å². The van der Waals surface area contributed by atoms with Crippen LogP contribution in [0.25, 0.3) is 0 Å². The fourth-order valence-corrected chi connectivity index (χ4v) is 4.62. The lowest BCUT2D eigenvalue weighted by atomic mass is 9.90. The van der Waals surface area contributed by atoms with Gasteiger partial charge in [0.25, 0.3) is 0 Å². The maximum atomic E-state index is 4.49. The fraction of sp³-hybridized carbons (Fsp3) is 0.647. The van der Waals surface area contributed by atoms with Crippen LogP contribution in [0.4, 0.5) is 10.9 Å². The van der Waals surface area contributed by atoms with Crippen LogP contribution in [0.15, 0.2) is 12.1 Å². The molecule has 6 nitrogen and oxygen atoms in total. The van der Waals surface area contributed by atoms with Crippen molar-refractivity contribution in [3.8, 4) is 0 Å². The summed E-state index contributed by atoms with van der Waals surface area (Å²) in [4.78, 5) is 4.66. The molecule has 0 N–H and O–H groups in total. The third kappa shape index (κ3) is 3.36. The Kier molecular flexibility index (Phi) is 4.60. The molecule has 0 radical (unpaired) electrons. The summed E-state index contributed by atoms with van der Waals surface area (Å²) in [5, 5.41) is 19.8. The molecule has 2 aromatic rings. The molecule has 0 amide bonds. The number of piperazine rings is 1. The first-order valence-electron chi connectivity index (χ1n) is 8.93. The maximum Gasteiger partial charge on any atom is 0.208 e. The molecular weight excluding hydrogens is 320 g/mol. The van der Waals surface area contributed by atoms with Crippen molar-refractivity contribution in [2.45, 2.75) is 44.9 Å². The van der Waals surface area contributed by atoms with E-state index in [-0.39, 0.29) is 0 Å². The Hall–Kier alpha value is -1.76.